The second-order valence-corrected chi connectivity index (χ2v) is 1.87. The van der Waals surface area contributed by atoms with Crippen molar-refractivity contribution in [3.8, 4) is 0 Å². The van der Waals surface area contributed by atoms with Gasteiger partial charge in [0.2, 0.25) is 0 Å². The molecule has 0 unspecified atom stereocenters. The van der Waals surface area contributed by atoms with Crippen molar-refractivity contribution in [2.75, 3.05) is 0 Å². The summed E-state index contributed by atoms with van der Waals surface area (Å²) in [5.41, 5.74) is 1.28. The molecule has 0 aromatic rings. The molecular weight excluding hydrogens is 151 g/mol. The molecule has 0 nitrogen and oxygen atoms in total. The molecule has 0 aromatic heterocycles. The van der Waals surface area contributed by atoms with Gasteiger partial charge < -0.3 is 0 Å². The Balaban J connectivity index is 3.36. The number of hydrogen-bond donors (Lipinski definition) is 0. The number of halogens is 2. The van der Waals surface area contributed by atoms with E-state index in [1.165, 1.54) is 5.54 Å². The van der Waals surface area contributed by atoms with Crippen LogP contribution in [0.15, 0.2) is 10.6 Å². The molecule has 0 atom stereocenters. The van der Waals surface area contributed by atoms with Crippen molar-refractivity contribution < 1.29 is 0 Å². The number of thiocarbonyl (C=S) groups is 1. The summed E-state index contributed by atoms with van der Waals surface area (Å²) in [4.78, 5) is 0. The first-order valence-electron chi connectivity index (χ1n) is 1.61. The largest absolute Gasteiger partial charge is 0.0917 e. The molecule has 0 saturated carbocycles. The molecule has 0 aromatic carbocycles. The van der Waals surface area contributed by atoms with Gasteiger partial charge in [0.1, 0.15) is 0 Å². The molecule has 0 amide bonds. The average molecular weight is 154 g/mol. The zero-order valence-electron chi connectivity index (χ0n) is 3.45. The summed E-state index contributed by atoms with van der Waals surface area (Å²) in [6.45, 7) is 0. The lowest BCUT2D eigenvalue weighted by Crippen LogP contribution is -1.67. The molecule has 7 heavy (non-hydrogen) atoms. The molecule has 0 spiro atoms. The highest BCUT2D eigenvalue weighted by Crippen LogP contribution is 2.05. The lowest BCUT2D eigenvalue weighted by Gasteiger charge is -1.80. The Bertz CT molecular complexity index is 87.7. The van der Waals surface area contributed by atoms with E-state index in [0.29, 0.717) is 11.5 Å². The Morgan fingerprint density at radius 2 is 2.43 bits per heavy atom. The van der Waals surface area contributed by atoms with Crippen LogP contribution >= 0.6 is 35.4 Å². The van der Waals surface area contributed by atoms with Gasteiger partial charge in [-0.25, -0.2) is 0 Å². The van der Waals surface area contributed by atoms with Crippen molar-refractivity contribution in [2.45, 2.75) is 6.42 Å². The zero-order chi connectivity index (χ0) is 5.70. The Hall–Kier alpha value is 0.410. The molecule has 0 fully saturated rings. The lowest BCUT2D eigenvalue weighted by atomic mass is 10.5. The standard InChI is InChI=1S/C4H3Cl2S/c5-3-4(6)1-2-7/h3H,1H2/b4-3-. The maximum atomic E-state index is 5.37. The van der Waals surface area contributed by atoms with Gasteiger partial charge in [0.25, 0.3) is 0 Å². The molecule has 0 bridgehead atoms. The molecule has 1 radical (unpaired) electrons. The molecule has 0 N–H and O–H groups in total. The van der Waals surface area contributed by atoms with Crippen LogP contribution in [0.25, 0.3) is 0 Å². The summed E-state index contributed by atoms with van der Waals surface area (Å²) in [5, 5.41) is 2.94. The minimum Gasteiger partial charge on any atom is -0.0917 e. The van der Waals surface area contributed by atoms with E-state index in [1.807, 2.05) is 0 Å². The third-order valence-electron chi connectivity index (χ3n) is 0.359. The lowest BCUT2D eigenvalue weighted by molar-refractivity contribution is 1.53. The minimum absolute atomic E-state index is 0.459. The van der Waals surface area contributed by atoms with Crippen LogP contribution in [0.5, 0.6) is 0 Å². The van der Waals surface area contributed by atoms with Crippen LogP contribution in [-0.4, -0.2) is 5.37 Å². The Kier molecular flexibility index (Phi) is 4.83. The van der Waals surface area contributed by atoms with Gasteiger partial charge in [-0.1, -0.05) is 35.4 Å². The van der Waals surface area contributed by atoms with Crippen LogP contribution in [-0.2, 0) is 0 Å². The van der Waals surface area contributed by atoms with Gasteiger partial charge in [-0.2, -0.15) is 0 Å². The van der Waals surface area contributed by atoms with Gasteiger partial charge in [-0.05, 0) is 0 Å². The second-order valence-electron chi connectivity index (χ2n) is 0.877. The number of allylic oxidation sites excluding steroid dienone is 1. The van der Waals surface area contributed by atoms with Crippen LogP contribution in [0.2, 0.25) is 0 Å². The van der Waals surface area contributed by atoms with Gasteiger partial charge in [0.05, 0.1) is 0 Å². The quantitative estimate of drug-likeness (QED) is 0.550. The number of hydrogen-bond acceptors (Lipinski definition) is 1. The van der Waals surface area contributed by atoms with Crippen molar-refractivity contribution in [3.05, 3.63) is 10.6 Å². The van der Waals surface area contributed by atoms with Crippen LogP contribution in [0.4, 0.5) is 0 Å². The van der Waals surface area contributed by atoms with Gasteiger partial charge >= 0.3 is 0 Å². The fourth-order valence-electron chi connectivity index (χ4n) is 0.108. The molecule has 0 rings (SSSR count). The van der Waals surface area contributed by atoms with E-state index in [4.69, 9.17) is 23.2 Å². The van der Waals surface area contributed by atoms with E-state index in [0.717, 1.165) is 0 Å². The molecular formula is C4H3Cl2S. The van der Waals surface area contributed by atoms with Gasteiger partial charge in [0.15, 0.2) is 0 Å². The van der Waals surface area contributed by atoms with Gasteiger partial charge in [0, 0.05) is 22.4 Å². The van der Waals surface area contributed by atoms with Crippen LogP contribution < -0.4 is 0 Å². The average Bonchev–Trinajstić information content (AvgIpc) is 1.68. The Morgan fingerprint density at radius 3 is 2.57 bits per heavy atom. The van der Waals surface area contributed by atoms with Crippen LogP contribution in [0.3, 0.4) is 0 Å². The molecule has 0 saturated heterocycles. The van der Waals surface area contributed by atoms with Crippen molar-refractivity contribution in [3.63, 3.8) is 0 Å². The second kappa shape index (κ2) is 4.57. The summed E-state index contributed by atoms with van der Waals surface area (Å²) in [7, 11) is 0. The highest BCUT2D eigenvalue weighted by molar-refractivity contribution is 7.79. The third kappa shape index (κ3) is 4.26. The van der Waals surface area contributed by atoms with E-state index in [2.05, 4.69) is 17.6 Å². The molecule has 3 heteroatoms. The van der Waals surface area contributed by atoms with E-state index < -0.39 is 0 Å². The van der Waals surface area contributed by atoms with Crippen molar-refractivity contribution in [2.24, 2.45) is 0 Å². The maximum Gasteiger partial charge on any atom is 0.0348 e. The predicted octanol–water partition coefficient (Wildman–Crippen LogP) is 2.57. The van der Waals surface area contributed by atoms with Crippen molar-refractivity contribution >= 4 is 40.8 Å². The third-order valence-corrected chi connectivity index (χ3v) is 1.12. The normalized spacial score (nSPS) is 11.4. The monoisotopic (exact) mass is 153 g/mol. The van der Waals surface area contributed by atoms with Crippen molar-refractivity contribution in [1.29, 1.82) is 0 Å². The van der Waals surface area contributed by atoms with Crippen molar-refractivity contribution in [1.82, 2.24) is 0 Å². The summed E-state index contributed by atoms with van der Waals surface area (Å²) in [6, 6.07) is 0. The fraction of sp³-hybridized carbons (Fsp3) is 0.250. The van der Waals surface area contributed by atoms with Gasteiger partial charge in [-0.3, -0.25) is 0 Å². The predicted molar refractivity (Wildman–Crippen MR) is 37.0 cm³/mol. The molecule has 0 aliphatic heterocycles. The Morgan fingerprint density at radius 1 is 1.86 bits per heavy atom. The number of rotatable bonds is 2. The molecule has 39 valence electrons. The maximum absolute atomic E-state index is 5.37. The fourth-order valence-corrected chi connectivity index (χ4v) is 0.486. The summed E-state index contributed by atoms with van der Waals surface area (Å²) in [6.07, 6.45) is 0.459. The molecule has 0 aliphatic carbocycles. The SMILES string of the molecule is S=[C]C/C(Cl)=C/Cl. The summed E-state index contributed by atoms with van der Waals surface area (Å²) < 4.78 is 0. The summed E-state index contributed by atoms with van der Waals surface area (Å²) >= 11 is 14.9. The highest BCUT2D eigenvalue weighted by atomic mass is 35.5. The molecule has 0 aliphatic rings. The Labute approximate surface area is 58.1 Å². The summed E-state index contributed by atoms with van der Waals surface area (Å²) in [5.74, 6) is 0. The first kappa shape index (κ1) is 7.41. The molecule has 0 heterocycles. The topological polar surface area (TPSA) is 0 Å². The van der Waals surface area contributed by atoms with E-state index in [9.17, 15) is 0 Å². The zero-order valence-corrected chi connectivity index (χ0v) is 5.78. The van der Waals surface area contributed by atoms with E-state index in [1.54, 1.807) is 0 Å². The van der Waals surface area contributed by atoms with Gasteiger partial charge in [-0.15, -0.1) is 0 Å². The minimum atomic E-state index is 0.459. The van der Waals surface area contributed by atoms with E-state index >= 15 is 0 Å². The first-order valence-corrected chi connectivity index (χ1v) is 2.83. The van der Waals surface area contributed by atoms with Crippen LogP contribution in [0, 0.1) is 0 Å². The van der Waals surface area contributed by atoms with Crippen LogP contribution in [0.1, 0.15) is 6.42 Å². The first-order chi connectivity index (χ1) is 3.31. The smallest absolute Gasteiger partial charge is 0.0348 e. The van der Waals surface area contributed by atoms with E-state index in [-0.39, 0.29) is 0 Å². The highest BCUT2D eigenvalue weighted by Gasteiger charge is 1.82.